The van der Waals surface area contributed by atoms with E-state index >= 15 is 0 Å². The third kappa shape index (κ3) is 1.24. The number of nitrogens with zero attached hydrogens (tertiary/aromatic N) is 1. The highest BCUT2D eigenvalue weighted by atomic mass is 15.3. The van der Waals surface area contributed by atoms with Crippen molar-refractivity contribution < 1.29 is 0 Å². The molecule has 0 aromatic carbocycles. The largest absolute Gasteiger partial charge is 0.295 e. The number of hydrogen-bond donors (Lipinski definition) is 0. The quantitative estimate of drug-likeness (QED) is 0.598. The Kier molecular flexibility index (Phi) is 1.74. The molecule has 1 heterocycles. The smallest absolute Gasteiger partial charge is 0.0215 e. The molecule has 1 heteroatoms. The van der Waals surface area contributed by atoms with Gasteiger partial charge in [0.05, 0.1) is 0 Å². The molecule has 0 amide bonds. The van der Waals surface area contributed by atoms with Crippen LogP contribution in [0.2, 0.25) is 0 Å². The van der Waals surface area contributed by atoms with Gasteiger partial charge in [-0.2, -0.15) is 0 Å². The molecule has 2 saturated carbocycles. The van der Waals surface area contributed by atoms with Crippen LogP contribution in [0.5, 0.6) is 0 Å². The summed E-state index contributed by atoms with van der Waals surface area (Å²) in [5.74, 6) is 0.996. The molecule has 3 rings (SSSR count). The van der Waals surface area contributed by atoms with Gasteiger partial charge in [0.25, 0.3) is 0 Å². The molecule has 0 aromatic rings. The second kappa shape index (κ2) is 2.73. The fourth-order valence-electron chi connectivity index (χ4n) is 3.50. The average Bonchev–Trinajstić information content (AvgIpc) is 2.84. The van der Waals surface area contributed by atoms with Gasteiger partial charge in [0.1, 0.15) is 0 Å². The molecule has 0 radical (unpaired) electrons. The van der Waals surface area contributed by atoms with Gasteiger partial charge >= 0.3 is 0 Å². The van der Waals surface area contributed by atoms with Crippen molar-refractivity contribution in [2.45, 2.75) is 63.5 Å². The van der Waals surface area contributed by atoms with Gasteiger partial charge in [0.15, 0.2) is 0 Å². The molecule has 1 atom stereocenters. The molecule has 0 bridgehead atoms. The van der Waals surface area contributed by atoms with Crippen molar-refractivity contribution in [2.75, 3.05) is 6.54 Å². The molecule has 1 nitrogen and oxygen atoms in total. The van der Waals surface area contributed by atoms with Crippen LogP contribution in [0.1, 0.15) is 51.9 Å². The van der Waals surface area contributed by atoms with Gasteiger partial charge in [-0.3, -0.25) is 4.90 Å². The minimum Gasteiger partial charge on any atom is -0.295 e. The van der Waals surface area contributed by atoms with E-state index in [1.54, 1.807) is 0 Å². The highest BCUT2D eigenvalue weighted by molar-refractivity contribution is 5.06. The van der Waals surface area contributed by atoms with Crippen LogP contribution in [-0.2, 0) is 0 Å². The van der Waals surface area contributed by atoms with Gasteiger partial charge in [0.2, 0.25) is 0 Å². The van der Waals surface area contributed by atoms with Crippen molar-refractivity contribution in [1.29, 1.82) is 0 Å². The highest BCUT2D eigenvalue weighted by Crippen LogP contribution is 2.50. The van der Waals surface area contributed by atoms with Crippen LogP contribution in [0.3, 0.4) is 0 Å². The zero-order chi connectivity index (χ0) is 8.89. The number of piperidine rings is 1. The summed E-state index contributed by atoms with van der Waals surface area (Å²) in [5.41, 5.74) is 0.707. The maximum atomic E-state index is 2.89. The fraction of sp³-hybridized carbons (Fsp3) is 1.00. The molecule has 1 spiro atoms. The Hall–Kier alpha value is -0.0400. The molecule has 0 N–H and O–H groups in total. The predicted octanol–water partition coefficient (Wildman–Crippen LogP) is 2.80. The number of likely N-dealkylation sites (tertiary alicyclic amines) is 1. The van der Waals surface area contributed by atoms with E-state index in [1.165, 1.54) is 51.5 Å². The fourth-order valence-corrected chi connectivity index (χ4v) is 3.50. The van der Waals surface area contributed by atoms with Gasteiger partial charge in [-0.25, -0.2) is 0 Å². The minimum atomic E-state index is 0.707. The van der Waals surface area contributed by atoms with E-state index in [9.17, 15) is 0 Å². The second-order valence-corrected chi connectivity index (χ2v) is 5.60. The van der Waals surface area contributed by atoms with Crippen molar-refractivity contribution in [3.05, 3.63) is 0 Å². The van der Waals surface area contributed by atoms with E-state index in [2.05, 4.69) is 11.8 Å². The van der Waals surface area contributed by atoms with Crippen LogP contribution >= 0.6 is 0 Å². The van der Waals surface area contributed by atoms with E-state index in [1.807, 2.05) is 0 Å². The third-order valence-electron chi connectivity index (χ3n) is 4.47. The van der Waals surface area contributed by atoms with Gasteiger partial charge < -0.3 is 0 Å². The summed E-state index contributed by atoms with van der Waals surface area (Å²) in [4.78, 5) is 2.89. The third-order valence-corrected chi connectivity index (χ3v) is 4.47. The summed E-state index contributed by atoms with van der Waals surface area (Å²) >= 11 is 0. The maximum Gasteiger partial charge on any atom is 0.0215 e. The Bertz CT molecular complexity index is 203. The van der Waals surface area contributed by atoms with Crippen LogP contribution in [0.15, 0.2) is 0 Å². The van der Waals surface area contributed by atoms with E-state index in [4.69, 9.17) is 0 Å². The van der Waals surface area contributed by atoms with Crippen LogP contribution in [0.4, 0.5) is 0 Å². The van der Waals surface area contributed by atoms with E-state index in [-0.39, 0.29) is 0 Å². The van der Waals surface area contributed by atoms with Crippen LogP contribution in [-0.4, -0.2) is 23.0 Å². The summed E-state index contributed by atoms with van der Waals surface area (Å²) in [6.07, 6.45) is 10.5. The molecule has 1 aliphatic heterocycles. The first-order valence-electron chi connectivity index (χ1n) is 6.07. The Morgan fingerprint density at radius 3 is 2.46 bits per heavy atom. The van der Waals surface area contributed by atoms with Gasteiger partial charge in [-0.05, 0) is 57.4 Å². The first kappa shape index (κ1) is 8.28. The molecule has 3 aliphatic rings. The Morgan fingerprint density at radius 1 is 1.15 bits per heavy atom. The van der Waals surface area contributed by atoms with Crippen LogP contribution < -0.4 is 0 Å². The lowest BCUT2D eigenvalue weighted by molar-refractivity contribution is -0.0405. The van der Waals surface area contributed by atoms with Crippen molar-refractivity contribution in [3.63, 3.8) is 0 Å². The van der Waals surface area contributed by atoms with Gasteiger partial charge in [-0.15, -0.1) is 0 Å². The summed E-state index contributed by atoms with van der Waals surface area (Å²) in [6.45, 7) is 3.86. The molecule has 74 valence electrons. The minimum absolute atomic E-state index is 0.707. The number of hydrogen-bond acceptors (Lipinski definition) is 1. The molecule has 3 fully saturated rings. The Labute approximate surface area is 81.5 Å². The molecule has 0 aromatic heterocycles. The SMILES string of the molecule is CC1CCN(C2CC2)C2(CCC2)C1. The summed E-state index contributed by atoms with van der Waals surface area (Å²) in [6, 6.07) is 1.01. The van der Waals surface area contributed by atoms with Crippen molar-refractivity contribution in [1.82, 2.24) is 4.90 Å². The molecule has 13 heavy (non-hydrogen) atoms. The molecule has 2 aliphatic carbocycles. The topological polar surface area (TPSA) is 3.24 Å². The van der Waals surface area contributed by atoms with Crippen molar-refractivity contribution in [2.24, 2.45) is 5.92 Å². The highest BCUT2D eigenvalue weighted by Gasteiger charge is 2.50. The van der Waals surface area contributed by atoms with Crippen molar-refractivity contribution >= 4 is 0 Å². The molecule has 1 saturated heterocycles. The van der Waals surface area contributed by atoms with Gasteiger partial charge in [-0.1, -0.05) is 6.92 Å². The molecular formula is C12H21N. The lowest BCUT2D eigenvalue weighted by atomic mass is 9.67. The standard InChI is InChI=1S/C12H21N/c1-10-5-8-13(11-3-4-11)12(9-10)6-2-7-12/h10-11H,2-9H2,1H3. The first-order valence-corrected chi connectivity index (χ1v) is 6.07. The number of rotatable bonds is 1. The van der Waals surface area contributed by atoms with E-state index in [0.29, 0.717) is 5.54 Å². The molecular weight excluding hydrogens is 158 g/mol. The summed E-state index contributed by atoms with van der Waals surface area (Å²) < 4.78 is 0. The lowest BCUT2D eigenvalue weighted by Gasteiger charge is -2.55. The zero-order valence-electron chi connectivity index (χ0n) is 8.76. The maximum absolute atomic E-state index is 2.89. The van der Waals surface area contributed by atoms with Crippen LogP contribution in [0.25, 0.3) is 0 Å². The zero-order valence-corrected chi connectivity index (χ0v) is 8.76. The average molecular weight is 179 g/mol. The Morgan fingerprint density at radius 2 is 1.92 bits per heavy atom. The lowest BCUT2D eigenvalue weighted by Crippen LogP contribution is -2.58. The van der Waals surface area contributed by atoms with Gasteiger partial charge in [0, 0.05) is 11.6 Å². The Balaban J connectivity index is 1.77. The predicted molar refractivity (Wildman–Crippen MR) is 54.7 cm³/mol. The second-order valence-electron chi connectivity index (χ2n) is 5.60. The van der Waals surface area contributed by atoms with Crippen molar-refractivity contribution in [3.8, 4) is 0 Å². The summed E-state index contributed by atoms with van der Waals surface area (Å²) in [7, 11) is 0. The normalized spacial score (nSPS) is 39.0. The molecule has 1 unspecified atom stereocenters. The van der Waals surface area contributed by atoms with E-state index < -0.39 is 0 Å². The first-order chi connectivity index (χ1) is 6.30. The van der Waals surface area contributed by atoms with Crippen LogP contribution in [0, 0.1) is 5.92 Å². The van der Waals surface area contributed by atoms with E-state index in [0.717, 1.165) is 12.0 Å². The monoisotopic (exact) mass is 179 g/mol. The summed E-state index contributed by atoms with van der Waals surface area (Å²) in [5, 5.41) is 0.